The normalized spacial score (nSPS) is 11.0. The van der Waals surface area contributed by atoms with Crippen LogP contribution in [0.2, 0.25) is 0 Å². The second kappa shape index (κ2) is 8.45. The molecule has 0 aliphatic rings. The van der Waals surface area contributed by atoms with E-state index in [0.29, 0.717) is 11.6 Å². The van der Waals surface area contributed by atoms with Gasteiger partial charge in [0.1, 0.15) is 0 Å². The zero-order chi connectivity index (χ0) is 21.8. The van der Waals surface area contributed by atoms with Crippen molar-refractivity contribution in [2.24, 2.45) is 0 Å². The van der Waals surface area contributed by atoms with E-state index >= 15 is 0 Å². The fourth-order valence-electron chi connectivity index (χ4n) is 2.84. The highest BCUT2D eigenvalue weighted by atomic mass is 16.6. The predicted molar refractivity (Wildman–Crippen MR) is 117 cm³/mol. The molecule has 0 spiro atoms. The monoisotopic (exact) mass is 417 g/mol. The summed E-state index contributed by atoms with van der Waals surface area (Å²) in [4.78, 5) is 20.0. The van der Waals surface area contributed by atoms with Gasteiger partial charge in [-0.05, 0) is 25.5 Å². The Labute approximate surface area is 176 Å². The van der Waals surface area contributed by atoms with Crippen molar-refractivity contribution in [3.8, 4) is 0 Å². The molecule has 0 aliphatic heterocycles. The van der Waals surface area contributed by atoms with Gasteiger partial charge in [0, 0.05) is 23.5 Å². The molecule has 0 saturated heterocycles. The maximum Gasteiger partial charge on any atom is 0.354 e. The second-order valence-corrected chi connectivity index (χ2v) is 6.75. The average molecular weight is 417 g/mol. The summed E-state index contributed by atoms with van der Waals surface area (Å²) < 4.78 is 0. The van der Waals surface area contributed by atoms with Crippen molar-refractivity contribution in [2.75, 3.05) is 10.6 Å². The number of aromatic amines is 2. The van der Waals surface area contributed by atoms with Crippen molar-refractivity contribution in [1.82, 2.24) is 30.4 Å². The summed E-state index contributed by atoms with van der Waals surface area (Å²) in [5.41, 5.74) is 2.22. The summed E-state index contributed by atoms with van der Waals surface area (Å²) in [6, 6.07) is 13.0. The molecule has 0 saturated carbocycles. The largest absolute Gasteiger partial charge is 0.354 e. The molecule has 4 aromatic rings. The van der Waals surface area contributed by atoms with E-state index in [1.165, 1.54) is 0 Å². The van der Waals surface area contributed by atoms with Crippen molar-refractivity contribution >= 4 is 41.1 Å². The lowest BCUT2D eigenvalue weighted by Crippen LogP contribution is -2.08. The van der Waals surface area contributed by atoms with Gasteiger partial charge in [-0.15, -0.1) is 0 Å². The number of aromatic nitrogens is 6. The van der Waals surface area contributed by atoms with Crippen LogP contribution in [-0.2, 0) is 0 Å². The van der Waals surface area contributed by atoms with E-state index in [1.807, 2.05) is 50.3 Å². The molecule has 31 heavy (non-hydrogen) atoms. The third kappa shape index (κ3) is 4.72. The molecule has 1 aromatic carbocycles. The van der Waals surface area contributed by atoms with Gasteiger partial charge >= 0.3 is 5.69 Å². The Morgan fingerprint density at radius 2 is 1.45 bits per heavy atom. The minimum Gasteiger partial charge on any atom is -0.317 e. The summed E-state index contributed by atoms with van der Waals surface area (Å²) in [5, 5.41) is 31.4. The average Bonchev–Trinajstić information content (AvgIpc) is 3.34. The van der Waals surface area contributed by atoms with Crippen LogP contribution in [0.15, 0.2) is 42.5 Å². The van der Waals surface area contributed by atoms with E-state index in [9.17, 15) is 10.1 Å². The highest BCUT2D eigenvalue weighted by Gasteiger charge is 2.26. The number of aryl methyl sites for hydroxylation is 2. The molecule has 11 heteroatoms. The van der Waals surface area contributed by atoms with Gasteiger partial charge in [-0.25, -0.2) is 9.97 Å². The lowest BCUT2D eigenvalue weighted by Gasteiger charge is -2.09. The third-order valence-electron chi connectivity index (χ3n) is 4.21. The molecular weight excluding hydrogens is 398 g/mol. The van der Waals surface area contributed by atoms with Crippen LogP contribution in [0.1, 0.15) is 22.8 Å². The Bertz CT molecular complexity index is 1180. The Kier molecular flexibility index (Phi) is 5.39. The number of nitro groups is 1. The minimum absolute atomic E-state index is 0.00830. The van der Waals surface area contributed by atoms with Gasteiger partial charge in [0.05, 0.1) is 4.92 Å². The molecule has 0 radical (unpaired) electrons. The van der Waals surface area contributed by atoms with Gasteiger partial charge in [-0.1, -0.05) is 36.4 Å². The van der Waals surface area contributed by atoms with Crippen molar-refractivity contribution in [1.29, 1.82) is 0 Å². The van der Waals surface area contributed by atoms with Crippen LogP contribution in [0, 0.1) is 24.0 Å². The van der Waals surface area contributed by atoms with Crippen LogP contribution in [-0.4, -0.2) is 35.3 Å². The van der Waals surface area contributed by atoms with Gasteiger partial charge in [0.25, 0.3) is 0 Å². The lowest BCUT2D eigenvalue weighted by atomic mass is 10.2. The summed E-state index contributed by atoms with van der Waals surface area (Å²) in [5.74, 6) is 1.10. The van der Waals surface area contributed by atoms with Gasteiger partial charge < -0.3 is 10.6 Å². The number of benzene rings is 1. The molecule has 156 valence electrons. The topological polar surface area (TPSA) is 150 Å². The van der Waals surface area contributed by atoms with Crippen molar-refractivity contribution in [3.63, 3.8) is 0 Å². The first kappa shape index (κ1) is 19.8. The van der Waals surface area contributed by atoms with Gasteiger partial charge in [-0.3, -0.25) is 20.3 Å². The molecule has 0 atom stereocenters. The van der Waals surface area contributed by atoms with E-state index in [-0.39, 0.29) is 23.1 Å². The Morgan fingerprint density at radius 3 is 1.90 bits per heavy atom. The predicted octanol–water partition coefficient (Wildman–Crippen LogP) is 4.11. The number of hydrogen-bond acceptors (Lipinski definition) is 8. The van der Waals surface area contributed by atoms with Gasteiger partial charge in [-0.2, -0.15) is 10.2 Å². The van der Waals surface area contributed by atoms with E-state index in [1.54, 1.807) is 18.2 Å². The Morgan fingerprint density at radius 1 is 0.903 bits per heavy atom. The number of rotatable bonds is 7. The van der Waals surface area contributed by atoms with Crippen LogP contribution in [0.5, 0.6) is 0 Å². The molecule has 0 unspecified atom stereocenters. The first-order valence-electron chi connectivity index (χ1n) is 9.35. The first-order valence-corrected chi connectivity index (χ1v) is 9.35. The zero-order valence-corrected chi connectivity index (χ0v) is 16.7. The summed E-state index contributed by atoms with van der Waals surface area (Å²) >= 11 is 0. The second-order valence-electron chi connectivity index (χ2n) is 6.75. The molecule has 0 bridgehead atoms. The standard InChI is InChI=1S/C20H19N9O2/c1-12-10-16(27-25-12)23-19-18(29(30)31)20(24-17-11-13(2)26-28-17)22-15(21-19)9-8-14-6-4-3-5-7-14/h3-11H,1-2H3,(H4,21,22,23,24,25,26,27,28). The molecule has 0 fully saturated rings. The van der Waals surface area contributed by atoms with E-state index in [0.717, 1.165) is 17.0 Å². The van der Waals surface area contributed by atoms with Crippen LogP contribution in [0.25, 0.3) is 12.2 Å². The first-order chi connectivity index (χ1) is 15.0. The number of hydrogen-bond donors (Lipinski definition) is 4. The van der Waals surface area contributed by atoms with E-state index in [4.69, 9.17) is 0 Å². The van der Waals surface area contributed by atoms with Gasteiger partial charge in [0.2, 0.25) is 11.6 Å². The number of anilines is 4. The fourth-order valence-corrected chi connectivity index (χ4v) is 2.84. The molecule has 3 heterocycles. The highest BCUT2D eigenvalue weighted by molar-refractivity contribution is 5.78. The maximum atomic E-state index is 11.9. The minimum atomic E-state index is -0.547. The van der Waals surface area contributed by atoms with Crippen molar-refractivity contribution in [2.45, 2.75) is 13.8 Å². The molecule has 4 N–H and O–H groups in total. The SMILES string of the molecule is Cc1cc(Nc2nc(C=Cc3ccccc3)nc(Nc3cc(C)[nH]n3)c2[N+](=O)[O-])n[nH]1. The number of H-pyrrole nitrogens is 2. The summed E-state index contributed by atoms with van der Waals surface area (Å²) in [6.07, 6.45) is 3.51. The molecule has 11 nitrogen and oxygen atoms in total. The zero-order valence-electron chi connectivity index (χ0n) is 16.7. The number of nitrogens with zero attached hydrogens (tertiary/aromatic N) is 5. The molecular formula is C20H19N9O2. The van der Waals surface area contributed by atoms with E-state index < -0.39 is 4.92 Å². The summed E-state index contributed by atoms with van der Waals surface area (Å²) in [7, 11) is 0. The van der Waals surface area contributed by atoms with Gasteiger partial charge in [0.15, 0.2) is 17.5 Å². The molecule has 0 aliphatic carbocycles. The van der Waals surface area contributed by atoms with Crippen LogP contribution < -0.4 is 10.6 Å². The maximum absolute atomic E-state index is 11.9. The van der Waals surface area contributed by atoms with Crippen molar-refractivity contribution in [3.05, 3.63) is 75.4 Å². The fraction of sp³-hybridized carbons (Fsp3) is 0.100. The lowest BCUT2D eigenvalue weighted by molar-refractivity contribution is -0.383. The van der Waals surface area contributed by atoms with Crippen LogP contribution in [0.3, 0.4) is 0 Å². The Hall–Kier alpha value is -4.54. The highest BCUT2D eigenvalue weighted by Crippen LogP contribution is 2.33. The third-order valence-corrected chi connectivity index (χ3v) is 4.21. The van der Waals surface area contributed by atoms with Crippen molar-refractivity contribution < 1.29 is 4.92 Å². The number of nitrogens with one attached hydrogen (secondary N) is 4. The molecule has 3 aromatic heterocycles. The molecule has 4 rings (SSSR count). The Balaban J connectivity index is 1.78. The smallest absolute Gasteiger partial charge is 0.317 e. The quantitative estimate of drug-likeness (QED) is 0.259. The van der Waals surface area contributed by atoms with Crippen LogP contribution in [0.4, 0.5) is 29.0 Å². The van der Waals surface area contributed by atoms with Crippen LogP contribution >= 0.6 is 0 Å². The van der Waals surface area contributed by atoms with E-state index in [2.05, 4.69) is 41.0 Å². The molecule has 0 amide bonds. The summed E-state index contributed by atoms with van der Waals surface area (Å²) in [6.45, 7) is 3.65.